The lowest BCUT2D eigenvalue weighted by atomic mass is 10.2. The Hall–Kier alpha value is -1.33. The summed E-state index contributed by atoms with van der Waals surface area (Å²) in [4.78, 5) is 15.4. The maximum Gasteiger partial charge on any atom is 0.229 e. The molecule has 0 saturated heterocycles. The Morgan fingerprint density at radius 1 is 1.62 bits per heavy atom. The standard InChI is InChI=1S/C10H15N3O2.ClH/c1-7(6-15-2)10(14)13-8-3-4-9(11)12-5-8;/h3-5,7H,6H2,1-2H3,(H2,11,12)(H,13,14);1H. The van der Waals surface area contributed by atoms with Crippen LogP contribution in [-0.4, -0.2) is 24.6 Å². The Morgan fingerprint density at radius 3 is 2.81 bits per heavy atom. The molecule has 1 aromatic heterocycles. The van der Waals surface area contributed by atoms with Crippen LogP contribution in [0.15, 0.2) is 18.3 Å². The van der Waals surface area contributed by atoms with Gasteiger partial charge in [-0.15, -0.1) is 12.4 Å². The number of carbonyl (C=O) groups excluding carboxylic acids is 1. The average Bonchev–Trinajstić information content (AvgIpc) is 2.22. The van der Waals surface area contributed by atoms with E-state index in [9.17, 15) is 4.79 Å². The maximum atomic E-state index is 11.5. The van der Waals surface area contributed by atoms with E-state index in [4.69, 9.17) is 10.5 Å². The van der Waals surface area contributed by atoms with E-state index in [-0.39, 0.29) is 24.2 Å². The SMILES string of the molecule is COCC(C)C(=O)Nc1ccc(N)nc1.Cl. The van der Waals surface area contributed by atoms with Crippen molar-refractivity contribution in [3.63, 3.8) is 0 Å². The first-order valence-electron chi connectivity index (χ1n) is 4.65. The Bertz CT molecular complexity index is 329. The molecule has 1 aromatic rings. The van der Waals surface area contributed by atoms with Gasteiger partial charge in [-0.1, -0.05) is 6.92 Å². The molecule has 0 radical (unpaired) electrons. The molecule has 0 bridgehead atoms. The van der Waals surface area contributed by atoms with Crippen LogP contribution in [0.4, 0.5) is 11.5 Å². The van der Waals surface area contributed by atoms with Crippen LogP contribution >= 0.6 is 12.4 Å². The number of hydrogen-bond acceptors (Lipinski definition) is 4. The van der Waals surface area contributed by atoms with Gasteiger partial charge >= 0.3 is 0 Å². The van der Waals surface area contributed by atoms with Crippen LogP contribution < -0.4 is 11.1 Å². The maximum absolute atomic E-state index is 11.5. The Balaban J connectivity index is 0.00000225. The Kier molecular flexibility index (Phi) is 6.44. The molecule has 0 saturated carbocycles. The van der Waals surface area contributed by atoms with Crippen LogP contribution in [0, 0.1) is 5.92 Å². The van der Waals surface area contributed by atoms with Crippen molar-refractivity contribution in [3.8, 4) is 0 Å². The highest BCUT2D eigenvalue weighted by molar-refractivity contribution is 5.92. The van der Waals surface area contributed by atoms with Gasteiger partial charge in [0.15, 0.2) is 0 Å². The van der Waals surface area contributed by atoms with Crippen LogP contribution in [-0.2, 0) is 9.53 Å². The number of ether oxygens (including phenoxy) is 1. The van der Waals surface area contributed by atoms with Crippen molar-refractivity contribution >= 4 is 29.8 Å². The van der Waals surface area contributed by atoms with E-state index in [0.717, 1.165) is 0 Å². The average molecular weight is 246 g/mol. The molecular formula is C10H16ClN3O2. The number of nitrogens with one attached hydrogen (secondary N) is 1. The third-order valence-corrected chi connectivity index (χ3v) is 1.92. The Morgan fingerprint density at radius 2 is 2.31 bits per heavy atom. The topological polar surface area (TPSA) is 77.2 Å². The van der Waals surface area contributed by atoms with E-state index in [1.807, 2.05) is 0 Å². The first-order chi connectivity index (χ1) is 7.13. The van der Waals surface area contributed by atoms with Crippen molar-refractivity contribution < 1.29 is 9.53 Å². The van der Waals surface area contributed by atoms with Crippen LogP contribution in [0.1, 0.15) is 6.92 Å². The molecule has 90 valence electrons. The van der Waals surface area contributed by atoms with Gasteiger partial charge in [0.25, 0.3) is 0 Å². The second-order valence-corrected chi connectivity index (χ2v) is 3.32. The summed E-state index contributed by atoms with van der Waals surface area (Å²) < 4.78 is 4.89. The van der Waals surface area contributed by atoms with Crippen LogP contribution in [0.5, 0.6) is 0 Å². The van der Waals surface area contributed by atoms with Gasteiger partial charge in [-0.25, -0.2) is 4.98 Å². The molecule has 1 heterocycles. The van der Waals surface area contributed by atoms with Gasteiger partial charge in [-0.3, -0.25) is 4.79 Å². The molecule has 3 N–H and O–H groups in total. The summed E-state index contributed by atoms with van der Waals surface area (Å²) in [6.07, 6.45) is 1.52. The van der Waals surface area contributed by atoms with Gasteiger partial charge in [0.2, 0.25) is 5.91 Å². The van der Waals surface area contributed by atoms with Gasteiger partial charge in [-0.2, -0.15) is 0 Å². The summed E-state index contributed by atoms with van der Waals surface area (Å²) >= 11 is 0. The van der Waals surface area contributed by atoms with Crippen molar-refractivity contribution in [2.75, 3.05) is 24.8 Å². The molecule has 0 aliphatic rings. The number of aromatic nitrogens is 1. The van der Waals surface area contributed by atoms with Gasteiger partial charge in [-0.05, 0) is 12.1 Å². The van der Waals surface area contributed by atoms with Crippen molar-refractivity contribution in [1.29, 1.82) is 0 Å². The fourth-order valence-electron chi connectivity index (χ4n) is 1.07. The van der Waals surface area contributed by atoms with Crippen molar-refractivity contribution in [2.45, 2.75) is 6.92 Å². The number of carbonyl (C=O) groups is 1. The second kappa shape index (κ2) is 7.03. The summed E-state index contributed by atoms with van der Waals surface area (Å²) in [7, 11) is 1.56. The highest BCUT2D eigenvalue weighted by Gasteiger charge is 2.12. The number of pyridine rings is 1. The zero-order chi connectivity index (χ0) is 11.3. The number of nitrogens with two attached hydrogens (primary N) is 1. The molecule has 1 unspecified atom stereocenters. The predicted octanol–water partition coefficient (Wildman–Crippen LogP) is 1.31. The number of methoxy groups -OCH3 is 1. The number of rotatable bonds is 4. The minimum atomic E-state index is -0.187. The molecule has 0 aromatic carbocycles. The molecule has 0 aliphatic heterocycles. The molecule has 0 aliphatic carbocycles. The zero-order valence-corrected chi connectivity index (χ0v) is 10.1. The monoisotopic (exact) mass is 245 g/mol. The van der Waals surface area contributed by atoms with Gasteiger partial charge in [0.1, 0.15) is 5.82 Å². The lowest BCUT2D eigenvalue weighted by Gasteiger charge is -2.10. The first kappa shape index (κ1) is 14.7. The van der Waals surface area contributed by atoms with Crippen LogP contribution in [0.2, 0.25) is 0 Å². The summed E-state index contributed by atoms with van der Waals surface area (Å²) in [5.41, 5.74) is 6.06. The number of hydrogen-bond donors (Lipinski definition) is 2. The molecule has 5 nitrogen and oxygen atoms in total. The largest absolute Gasteiger partial charge is 0.384 e. The molecular weight excluding hydrogens is 230 g/mol. The molecule has 1 amide bonds. The van der Waals surface area contributed by atoms with E-state index in [0.29, 0.717) is 18.1 Å². The third kappa shape index (κ3) is 4.46. The van der Waals surface area contributed by atoms with E-state index in [1.54, 1.807) is 26.2 Å². The molecule has 1 rings (SSSR count). The lowest BCUT2D eigenvalue weighted by Crippen LogP contribution is -2.23. The van der Waals surface area contributed by atoms with E-state index >= 15 is 0 Å². The number of nitrogen functional groups attached to an aromatic ring is 1. The number of nitrogens with zero attached hydrogens (tertiary/aromatic N) is 1. The minimum Gasteiger partial charge on any atom is -0.384 e. The van der Waals surface area contributed by atoms with Gasteiger partial charge in [0, 0.05) is 7.11 Å². The Labute approximate surface area is 101 Å². The molecule has 0 spiro atoms. The summed E-state index contributed by atoms with van der Waals surface area (Å²) in [5.74, 6) is 0.147. The summed E-state index contributed by atoms with van der Waals surface area (Å²) in [6, 6.07) is 3.34. The first-order valence-corrected chi connectivity index (χ1v) is 4.65. The number of halogens is 1. The zero-order valence-electron chi connectivity index (χ0n) is 9.27. The fraction of sp³-hybridized carbons (Fsp3) is 0.400. The smallest absolute Gasteiger partial charge is 0.229 e. The molecule has 0 fully saturated rings. The lowest BCUT2D eigenvalue weighted by molar-refractivity contribution is -0.120. The number of anilines is 2. The van der Waals surface area contributed by atoms with Crippen molar-refractivity contribution in [2.24, 2.45) is 5.92 Å². The van der Waals surface area contributed by atoms with Gasteiger partial charge < -0.3 is 15.8 Å². The van der Waals surface area contributed by atoms with E-state index < -0.39 is 0 Å². The number of amides is 1. The normalized spacial score (nSPS) is 11.4. The molecule has 16 heavy (non-hydrogen) atoms. The highest BCUT2D eigenvalue weighted by atomic mass is 35.5. The highest BCUT2D eigenvalue weighted by Crippen LogP contribution is 2.08. The van der Waals surface area contributed by atoms with Crippen LogP contribution in [0.3, 0.4) is 0 Å². The minimum absolute atomic E-state index is 0. The second-order valence-electron chi connectivity index (χ2n) is 3.32. The van der Waals surface area contributed by atoms with Crippen LogP contribution in [0.25, 0.3) is 0 Å². The molecule has 6 heteroatoms. The van der Waals surface area contributed by atoms with Gasteiger partial charge in [0.05, 0.1) is 24.4 Å². The quantitative estimate of drug-likeness (QED) is 0.839. The third-order valence-electron chi connectivity index (χ3n) is 1.92. The summed E-state index contributed by atoms with van der Waals surface area (Å²) in [6.45, 7) is 2.19. The predicted molar refractivity (Wildman–Crippen MR) is 65.6 cm³/mol. The fourth-order valence-corrected chi connectivity index (χ4v) is 1.07. The van der Waals surface area contributed by atoms with Crippen molar-refractivity contribution in [1.82, 2.24) is 4.98 Å². The van der Waals surface area contributed by atoms with E-state index in [2.05, 4.69) is 10.3 Å². The van der Waals surface area contributed by atoms with Crippen molar-refractivity contribution in [3.05, 3.63) is 18.3 Å². The summed E-state index contributed by atoms with van der Waals surface area (Å²) in [5, 5.41) is 2.72. The molecule has 1 atom stereocenters. The van der Waals surface area contributed by atoms with E-state index in [1.165, 1.54) is 6.20 Å².